The number of nitrogens with zero attached hydrogens (tertiary/aromatic N) is 4. The molecular formula is C22H22N8O3S. The monoisotopic (exact) mass is 478 g/mol. The Morgan fingerprint density at radius 3 is 2.74 bits per heavy atom. The summed E-state index contributed by atoms with van der Waals surface area (Å²) in [5.74, 6) is 0.328. The molecule has 3 fully saturated rings. The van der Waals surface area contributed by atoms with Crippen molar-refractivity contribution < 1.29 is 14.4 Å². The Morgan fingerprint density at radius 2 is 2.00 bits per heavy atom. The second-order valence-electron chi connectivity index (χ2n) is 8.45. The van der Waals surface area contributed by atoms with Crippen LogP contribution in [0.2, 0.25) is 0 Å². The predicted octanol–water partition coefficient (Wildman–Crippen LogP) is 1.26. The molecule has 11 nitrogen and oxygen atoms in total. The van der Waals surface area contributed by atoms with Gasteiger partial charge in [0, 0.05) is 43.9 Å². The summed E-state index contributed by atoms with van der Waals surface area (Å²) >= 11 is 1.41. The smallest absolute Gasteiger partial charge is 0.326 e. The lowest BCUT2D eigenvalue weighted by Crippen LogP contribution is -2.46. The Kier molecular flexibility index (Phi) is 5.03. The van der Waals surface area contributed by atoms with Gasteiger partial charge in [-0.1, -0.05) is 0 Å². The molecule has 4 N–H and O–H groups in total. The van der Waals surface area contributed by atoms with E-state index in [4.69, 9.17) is 4.98 Å². The molecule has 34 heavy (non-hydrogen) atoms. The predicted molar refractivity (Wildman–Crippen MR) is 126 cm³/mol. The van der Waals surface area contributed by atoms with Crippen LogP contribution in [0.3, 0.4) is 0 Å². The first-order chi connectivity index (χ1) is 16.5. The van der Waals surface area contributed by atoms with Gasteiger partial charge in [0.05, 0.1) is 21.6 Å². The van der Waals surface area contributed by atoms with Crippen LogP contribution in [0, 0.1) is 0 Å². The zero-order valence-electron chi connectivity index (χ0n) is 18.1. The summed E-state index contributed by atoms with van der Waals surface area (Å²) in [6, 6.07) is 5.53. The average molecular weight is 479 g/mol. The van der Waals surface area contributed by atoms with Crippen LogP contribution in [0.25, 0.3) is 22.3 Å². The molecular weight excluding hydrogens is 456 g/mol. The molecule has 1 aliphatic carbocycles. The summed E-state index contributed by atoms with van der Waals surface area (Å²) in [7, 11) is 0. The van der Waals surface area contributed by atoms with Gasteiger partial charge < -0.3 is 20.9 Å². The van der Waals surface area contributed by atoms with Crippen LogP contribution in [-0.2, 0) is 4.79 Å². The number of carbonyl (C=O) groups excluding carboxylic acids is 3. The molecule has 2 saturated heterocycles. The van der Waals surface area contributed by atoms with E-state index in [2.05, 4.69) is 26.4 Å². The van der Waals surface area contributed by atoms with Gasteiger partial charge in [0.1, 0.15) is 11.5 Å². The largest absolute Gasteiger partial charge is 0.367 e. The Bertz CT molecular complexity index is 1350. The van der Waals surface area contributed by atoms with E-state index in [9.17, 15) is 14.4 Å². The van der Waals surface area contributed by atoms with E-state index in [0.29, 0.717) is 40.9 Å². The Balaban J connectivity index is 1.38. The highest BCUT2D eigenvalue weighted by atomic mass is 32.1. The zero-order valence-corrected chi connectivity index (χ0v) is 18.9. The van der Waals surface area contributed by atoms with Crippen LogP contribution < -0.4 is 21.3 Å². The van der Waals surface area contributed by atoms with Crippen molar-refractivity contribution in [1.29, 1.82) is 0 Å². The van der Waals surface area contributed by atoms with Gasteiger partial charge in [-0.05, 0) is 31.1 Å². The maximum absolute atomic E-state index is 12.9. The average Bonchev–Trinajstić information content (AvgIpc) is 3.22. The minimum absolute atomic E-state index is 0.0351. The summed E-state index contributed by atoms with van der Waals surface area (Å²) in [5, 5.41) is 15.9. The van der Waals surface area contributed by atoms with Crippen LogP contribution in [0.1, 0.15) is 28.1 Å². The number of aromatic nitrogens is 3. The molecule has 0 radical (unpaired) electrons. The fourth-order valence-corrected chi connectivity index (χ4v) is 4.93. The van der Waals surface area contributed by atoms with E-state index in [0.717, 1.165) is 36.6 Å². The van der Waals surface area contributed by atoms with Crippen LogP contribution in [-0.4, -0.2) is 69.6 Å². The topological polar surface area (TPSA) is 133 Å². The number of amides is 4. The zero-order chi connectivity index (χ0) is 23.2. The van der Waals surface area contributed by atoms with Crippen LogP contribution in [0.4, 0.5) is 10.6 Å². The van der Waals surface area contributed by atoms with Crippen molar-refractivity contribution in [3.8, 4) is 10.6 Å². The number of imide groups is 1. The lowest BCUT2D eigenvalue weighted by molar-refractivity contribution is -0.115. The molecule has 5 heterocycles. The third-order valence-electron chi connectivity index (χ3n) is 5.92. The lowest BCUT2D eigenvalue weighted by Gasteiger charge is -2.26. The molecule has 1 saturated carbocycles. The molecule has 0 spiro atoms. The number of nitrogens with one attached hydrogen (secondary N) is 4. The minimum Gasteiger partial charge on any atom is -0.367 e. The number of hydrogen-bond acceptors (Lipinski definition) is 8. The molecule has 6 rings (SSSR count). The molecule has 0 atom stereocenters. The maximum atomic E-state index is 12.9. The van der Waals surface area contributed by atoms with E-state index in [1.807, 2.05) is 23.1 Å². The molecule has 0 unspecified atom stereocenters. The molecule has 4 amide bonds. The summed E-state index contributed by atoms with van der Waals surface area (Å²) in [6.07, 6.45) is 5.36. The molecule has 12 heteroatoms. The third kappa shape index (κ3) is 3.90. The molecule has 3 aromatic rings. The van der Waals surface area contributed by atoms with Crippen molar-refractivity contribution in [2.75, 3.05) is 31.5 Å². The number of carbonyl (C=O) groups is 3. The second-order valence-corrected chi connectivity index (χ2v) is 9.54. The van der Waals surface area contributed by atoms with Gasteiger partial charge in [-0.15, -0.1) is 11.3 Å². The van der Waals surface area contributed by atoms with Gasteiger partial charge in [0.25, 0.3) is 11.8 Å². The highest BCUT2D eigenvalue weighted by molar-refractivity contribution is 7.17. The van der Waals surface area contributed by atoms with Gasteiger partial charge in [0.2, 0.25) is 0 Å². The molecule has 3 aromatic heterocycles. The molecule has 2 aliphatic heterocycles. The SMILES string of the molecule is O=C1NC(=O)/C(=C/c2cnn3c(NC4CC4)cc(-c4ccc(C(=O)N5CCNCC5)s4)nc23)N1. The highest BCUT2D eigenvalue weighted by Gasteiger charge is 2.26. The van der Waals surface area contributed by atoms with E-state index in [1.54, 1.807) is 16.8 Å². The summed E-state index contributed by atoms with van der Waals surface area (Å²) < 4.78 is 1.70. The van der Waals surface area contributed by atoms with Gasteiger partial charge in [-0.2, -0.15) is 9.61 Å². The Morgan fingerprint density at radius 1 is 1.18 bits per heavy atom. The van der Waals surface area contributed by atoms with Crippen LogP contribution >= 0.6 is 11.3 Å². The Labute approximate surface area is 198 Å². The van der Waals surface area contributed by atoms with Crippen LogP contribution in [0.5, 0.6) is 0 Å². The summed E-state index contributed by atoms with van der Waals surface area (Å²) in [6.45, 7) is 3.00. The van der Waals surface area contributed by atoms with E-state index in [-0.39, 0.29) is 11.6 Å². The number of rotatable bonds is 5. The first-order valence-corrected chi connectivity index (χ1v) is 12.0. The molecule has 0 aromatic carbocycles. The number of piperazine rings is 1. The quantitative estimate of drug-likeness (QED) is 0.321. The first kappa shape index (κ1) is 20.8. The van der Waals surface area contributed by atoms with Crippen molar-refractivity contribution >= 4 is 46.7 Å². The van der Waals surface area contributed by atoms with E-state index < -0.39 is 11.9 Å². The van der Waals surface area contributed by atoms with Crippen molar-refractivity contribution in [2.45, 2.75) is 18.9 Å². The van der Waals surface area contributed by atoms with Crippen molar-refractivity contribution in [1.82, 2.24) is 35.4 Å². The standard InChI is InChI=1S/C22H22N8O3S/c31-20-15(27-22(33)28-20)9-12-11-24-30-18(25-13-1-2-13)10-14(26-19(12)30)16-3-4-17(34-16)21(32)29-7-5-23-6-8-29/h3-4,9-11,13,23,25H,1-2,5-8H2,(H2,27,28,31,33)/b15-9-. The highest BCUT2D eigenvalue weighted by Crippen LogP contribution is 2.32. The summed E-state index contributed by atoms with van der Waals surface area (Å²) in [4.78, 5) is 44.6. The van der Waals surface area contributed by atoms with Gasteiger partial charge in [0.15, 0.2) is 5.65 Å². The molecule has 3 aliphatic rings. The number of anilines is 1. The van der Waals surface area contributed by atoms with E-state index in [1.165, 1.54) is 11.3 Å². The fraction of sp³-hybridized carbons (Fsp3) is 0.318. The normalized spacial score (nSPS) is 19.5. The number of thiophene rings is 1. The van der Waals surface area contributed by atoms with Crippen LogP contribution in [0.15, 0.2) is 30.1 Å². The maximum Gasteiger partial charge on any atom is 0.326 e. The first-order valence-electron chi connectivity index (χ1n) is 11.1. The second kappa shape index (κ2) is 8.22. The third-order valence-corrected chi connectivity index (χ3v) is 7.02. The van der Waals surface area contributed by atoms with Crippen molar-refractivity contribution in [2.24, 2.45) is 0 Å². The van der Waals surface area contributed by atoms with Gasteiger partial charge in [-0.3, -0.25) is 14.9 Å². The lowest BCUT2D eigenvalue weighted by atomic mass is 10.2. The number of fused-ring (bicyclic) bond motifs is 1. The van der Waals surface area contributed by atoms with Crippen molar-refractivity contribution in [3.63, 3.8) is 0 Å². The molecule has 174 valence electrons. The van der Waals surface area contributed by atoms with Crippen molar-refractivity contribution in [3.05, 3.63) is 40.5 Å². The van der Waals surface area contributed by atoms with Gasteiger partial charge >= 0.3 is 6.03 Å². The minimum atomic E-state index is -0.558. The number of urea groups is 1. The fourth-order valence-electron chi connectivity index (χ4n) is 4.00. The van der Waals surface area contributed by atoms with E-state index >= 15 is 0 Å². The number of hydrogen-bond donors (Lipinski definition) is 4. The van der Waals surface area contributed by atoms with Gasteiger partial charge in [-0.25, -0.2) is 9.78 Å². The summed E-state index contributed by atoms with van der Waals surface area (Å²) in [5.41, 5.74) is 2.00. The Hall–Kier alpha value is -3.77. The molecule has 0 bridgehead atoms.